The molecule has 0 aliphatic rings. The van der Waals surface area contributed by atoms with Gasteiger partial charge in [-0.15, -0.1) is 11.3 Å². The van der Waals surface area contributed by atoms with Crippen molar-refractivity contribution in [3.63, 3.8) is 0 Å². The van der Waals surface area contributed by atoms with E-state index in [-0.39, 0.29) is 0 Å². The van der Waals surface area contributed by atoms with Crippen LogP contribution in [0.3, 0.4) is 0 Å². The molecule has 0 saturated carbocycles. The quantitative estimate of drug-likeness (QED) is 0.163. The second-order valence-corrected chi connectivity index (χ2v) is 15.8. The zero-order chi connectivity index (χ0) is 37.5. The van der Waals surface area contributed by atoms with Crippen molar-refractivity contribution in [2.45, 2.75) is 0 Å². The van der Waals surface area contributed by atoms with Gasteiger partial charge in [0.05, 0.1) is 21.5 Å². The maximum Gasteiger partial charge on any atom is 0.143 e. The third-order valence-corrected chi connectivity index (χ3v) is 12.8. The largest absolute Gasteiger partial charge is 0.455 e. The molecule has 2 aromatic heterocycles. The van der Waals surface area contributed by atoms with E-state index in [0.29, 0.717) is 0 Å². The van der Waals surface area contributed by atoms with E-state index in [1.54, 1.807) is 0 Å². The van der Waals surface area contributed by atoms with Crippen molar-refractivity contribution in [1.82, 2.24) is 0 Å². The Morgan fingerprint density at radius 3 is 1.84 bits per heavy atom. The minimum Gasteiger partial charge on any atom is -0.455 e. The Morgan fingerprint density at radius 2 is 1.02 bits per heavy atom. The second kappa shape index (κ2) is 12.7. The van der Waals surface area contributed by atoms with Crippen LogP contribution in [0.4, 0.5) is 17.1 Å². The van der Waals surface area contributed by atoms with Crippen LogP contribution in [0.15, 0.2) is 205 Å². The molecule has 12 aromatic rings. The van der Waals surface area contributed by atoms with Gasteiger partial charge in [-0.2, -0.15) is 0 Å². The summed E-state index contributed by atoms with van der Waals surface area (Å²) in [5, 5.41) is 12.0. The molecular formula is C54H33NOS. The summed E-state index contributed by atoms with van der Waals surface area (Å²) in [5.41, 5.74) is 9.75. The summed E-state index contributed by atoms with van der Waals surface area (Å²) in [6.07, 6.45) is 0. The zero-order valence-electron chi connectivity index (χ0n) is 30.8. The smallest absolute Gasteiger partial charge is 0.143 e. The molecule has 10 aromatic carbocycles. The molecule has 0 bridgehead atoms. The van der Waals surface area contributed by atoms with Crippen LogP contribution in [0.2, 0.25) is 0 Å². The van der Waals surface area contributed by atoms with Crippen LogP contribution in [-0.4, -0.2) is 0 Å². The van der Waals surface area contributed by atoms with Crippen LogP contribution in [0.25, 0.3) is 96.7 Å². The summed E-state index contributed by atoms with van der Waals surface area (Å²) < 4.78 is 9.69. The third kappa shape index (κ3) is 4.96. The molecular weight excluding hydrogens is 711 g/mol. The minimum absolute atomic E-state index is 0.860. The lowest BCUT2D eigenvalue weighted by atomic mass is 9.89. The second-order valence-electron chi connectivity index (χ2n) is 14.8. The molecule has 0 atom stereocenters. The van der Waals surface area contributed by atoms with E-state index in [2.05, 4.69) is 205 Å². The van der Waals surface area contributed by atoms with E-state index in [1.807, 2.05) is 11.3 Å². The Bertz CT molecular complexity index is 3520. The van der Waals surface area contributed by atoms with E-state index in [9.17, 15) is 0 Å². The van der Waals surface area contributed by atoms with E-state index in [0.717, 1.165) is 44.6 Å². The highest BCUT2D eigenvalue weighted by atomic mass is 32.1. The summed E-state index contributed by atoms with van der Waals surface area (Å²) in [7, 11) is 0. The highest BCUT2D eigenvalue weighted by Gasteiger charge is 2.25. The Hall–Kier alpha value is -7.20. The number of benzene rings is 10. The van der Waals surface area contributed by atoms with Gasteiger partial charge in [0.2, 0.25) is 0 Å². The van der Waals surface area contributed by atoms with Crippen molar-refractivity contribution in [3.8, 4) is 22.3 Å². The molecule has 0 aliphatic heterocycles. The molecule has 0 N–H and O–H groups in total. The molecule has 266 valence electrons. The maximum absolute atomic E-state index is 7.16. The van der Waals surface area contributed by atoms with Gasteiger partial charge in [-0.1, -0.05) is 152 Å². The van der Waals surface area contributed by atoms with Crippen molar-refractivity contribution in [1.29, 1.82) is 0 Å². The molecule has 0 amide bonds. The lowest BCUT2D eigenvalue weighted by Crippen LogP contribution is -2.10. The van der Waals surface area contributed by atoms with Crippen molar-refractivity contribution in [2.75, 3.05) is 4.90 Å². The number of hydrogen-bond donors (Lipinski definition) is 0. The molecule has 0 unspecified atom stereocenters. The fraction of sp³-hybridized carbons (Fsp3) is 0. The van der Waals surface area contributed by atoms with E-state index < -0.39 is 0 Å². The van der Waals surface area contributed by atoms with Crippen molar-refractivity contribution < 1.29 is 4.42 Å². The number of furan rings is 1. The van der Waals surface area contributed by atoms with Gasteiger partial charge < -0.3 is 9.32 Å². The fourth-order valence-electron chi connectivity index (χ4n) is 9.07. The Labute approximate surface area is 333 Å². The number of hydrogen-bond acceptors (Lipinski definition) is 3. The third-order valence-electron chi connectivity index (χ3n) is 11.6. The summed E-state index contributed by atoms with van der Waals surface area (Å²) in [6.45, 7) is 0. The maximum atomic E-state index is 7.16. The predicted octanol–water partition coefficient (Wildman–Crippen LogP) is 16.2. The van der Waals surface area contributed by atoms with E-state index in [1.165, 1.54) is 69.2 Å². The molecule has 0 radical (unpaired) electrons. The Kier molecular flexibility index (Phi) is 7.13. The van der Waals surface area contributed by atoms with Crippen molar-refractivity contribution in [3.05, 3.63) is 200 Å². The van der Waals surface area contributed by atoms with Crippen LogP contribution >= 0.6 is 11.3 Å². The molecule has 2 nitrogen and oxygen atoms in total. The highest BCUT2D eigenvalue weighted by molar-refractivity contribution is 7.26. The SMILES string of the molecule is c1ccc(-c2ccc(N(c3cccc4c3sc3ccccc34)c3cccc4oc5c(-c6cc7ccccc7c7ccccc67)c6ccccc6cc5c34)cc2)cc1. The van der Waals surface area contributed by atoms with Gasteiger partial charge in [0.25, 0.3) is 0 Å². The normalized spacial score (nSPS) is 11.9. The summed E-state index contributed by atoms with van der Waals surface area (Å²) in [6, 6.07) is 72.6. The first-order chi connectivity index (χ1) is 28.3. The van der Waals surface area contributed by atoms with Gasteiger partial charge in [-0.05, 0) is 97.5 Å². The minimum atomic E-state index is 0.860. The van der Waals surface area contributed by atoms with Gasteiger partial charge in [-0.25, -0.2) is 0 Å². The number of thiophene rings is 1. The van der Waals surface area contributed by atoms with Crippen LogP contribution in [0, 0.1) is 0 Å². The van der Waals surface area contributed by atoms with Gasteiger partial charge in [0, 0.05) is 32.1 Å². The lowest BCUT2D eigenvalue weighted by molar-refractivity contribution is 0.670. The molecule has 0 spiro atoms. The lowest BCUT2D eigenvalue weighted by Gasteiger charge is -2.27. The molecule has 2 heterocycles. The van der Waals surface area contributed by atoms with Gasteiger partial charge in [0.15, 0.2) is 0 Å². The van der Waals surface area contributed by atoms with Gasteiger partial charge >= 0.3 is 0 Å². The molecule has 3 heteroatoms. The predicted molar refractivity (Wildman–Crippen MR) is 245 cm³/mol. The first-order valence-corrected chi connectivity index (χ1v) is 20.2. The number of nitrogens with zero attached hydrogens (tertiary/aromatic N) is 1. The molecule has 12 rings (SSSR count). The summed E-state index contributed by atoms with van der Waals surface area (Å²) in [5.74, 6) is 0. The highest BCUT2D eigenvalue weighted by Crippen LogP contribution is 2.51. The Morgan fingerprint density at radius 1 is 0.404 bits per heavy atom. The molecule has 0 saturated heterocycles. The van der Waals surface area contributed by atoms with Crippen LogP contribution in [0.1, 0.15) is 0 Å². The standard InChI is InChI=1S/C54H33NOS/c1-2-14-34(15-3-1)35-28-30-38(31-29-35)55(48-25-12-23-44-43-22-10-11-27-50(43)57-54(44)48)47-24-13-26-49-52(47)46-33-37-17-5-7-19-40(37)51(53(46)56-49)45-32-36-16-4-6-18-39(36)41-20-8-9-21-42(41)45/h1-33H. The van der Waals surface area contributed by atoms with Crippen LogP contribution in [0.5, 0.6) is 0 Å². The van der Waals surface area contributed by atoms with E-state index >= 15 is 0 Å². The van der Waals surface area contributed by atoms with Crippen LogP contribution < -0.4 is 4.90 Å². The molecule has 0 aliphatic carbocycles. The van der Waals surface area contributed by atoms with Crippen molar-refractivity contribution >= 4 is 103 Å². The Balaban J connectivity index is 1.18. The number of fused-ring (bicyclic) bond motifs is 10. The van der Waals surface area contributed by atoms with Crippen molar-refractivity contribution in [2.24, 2.45) is 0 Å². The average Bonchev–Trinajstić information content (AvgIpc) is 3.85. The molecule has 0 fully saturated rings. The topological polar surface area (TPSA) is 16.4 Å². The number of rotatable bonds is 5. The number of anilines is 3. The monoisotopic (exact) mass is 743 g/mol. The first kappa shape index (κ1) is 32.1. The fourth-order valence-corrected chi connectivity index (χ4v) is 10.3. The van der Waals surface area contributed by atoms with E-state index in [4.69, 9.17) is 4.42 Å². The van der Waals surface area contributed by atoms with Crippen LogP contribution in [-0.2, 0) is 0 Å². The average molecular weight is 744 g/mol. The summed E-state index contributed by atoms with van der Waals surface area (Å²) >= 11 is 1.86. The first-order valence-electron chi connectivity index (χ1n) is 19.4. The zero-order valence-corrected chi connectivity index (χ0v) is 31.6. The van der Waals surface area contributed by atoms with Gasteiger partial charge in [0.1, 0.15) is 11.2 Å². The molecule has 57 heavy (non-hydrogen) atoms. The summed E-state index contributed by atoms with van der Waals surface area (Å²) in [4.78, 5) is 2.45. The van der Waals surface area contributed by atoms with Gasteiger partial charge in [-0.3, -0.25) is 0 Å².